The van der Waals surface area contributed by atoms with Crippen LogP contribution in [0.3, 0.4) is 0 Å². The standard InChI is InChI=1S/C21H27ClN2O3/c1-13-5-6-17(14(2)7-13)8-15(3)24-11-16-9-18(22)21(19(10-16)26-4)27-12-20(23)25/h5-7,9-10,15,24H,8,11-12H2,1-4H3,(H2,23,25). The quantitative estimate of drug-likeness (QED) is 0.686. The molecule has 0 saturated heterocycles. The molecular weight excluding hydrogens is 364 g/mol. The third-order valence-corrected chi connectivity index (χ3v) is 4.61. The number of carbonyl (C=O) groups excluding carboxylic acids is 1. The molecule has 1 amide bonds. The van der Waals surface area contributed by atoms with Gasteiger partial charge in [0.05, 0.1) is 12.1 Å². The van der Waals surface area contributed by atoms with Gasteiger partial charge < -0.3 is 20.5 Å². The van der Waals surface area contributed by atoms with Gasteiger partial charge in [-0.05, 0) is 56.0 Å². The summed E-state index contributed by atoms with van der Waals surface area (Å²) in [7, 11) is 1.53. The van der Waals surface area contributed by atoms with Gasteiger partial charge in [0.2, 0.25) is 0 Å². The van der Waals surface area contributed by atoms with E-state index in [2.05, 4.69) is 44.3 Å². The molecular formula is C21H27ClN2O3. The van der Waals surface area contributed by atoms with Crippen LogP contribution in [0.4, 0.5) is 0 Å². The summed E-state index contributed by atoms with van der Waals surface area (Å²) >= 11 is 6.29. The molecule has 2 aromatic rings. The molecule has 0 aliphatic rings. The van der Waals surface area contributed by atoms with E-state index in [0.717, 1.165) is 12.0 Å². The minimum absolute atomic E-state index is 0.249. The maximum Gasteiger partial charge on any atom is 0.255 e. The van der Waals surface area contributed by atoms with Crippen molar-refractivity contribution in [2.75, 3.05) is 13.7 Å². The van der Waals surface area contributed by atoms with Crippen LogP contribution in [0.25, 0.3) is 0 Å². The monoisotopic (exact) mass is 390 g/mol. The van der Waals surface area contributed by atoms with Gasteiger partial charge in [0.25, 0.3) is 5.91 Å². The molecule has 146 valence electrons. The van der Waals surface area contributed by atoms with Gasteiger partial charge >= 0.3 is 0 Å². The van der Waals surface area contributed by atoms with Gasteiger partial charge in [0.15, 0.2) is 18.1 Å². The van der Waals surface area contributed by atoms with Gasteiger partial charge in [-0.15, -0.1) is 0 Å². The molecule has 0 bridgehead atoms. The van der Waals surface area contributed by atoms with Crippen molar-refractivity contribution in [1.29, 1.82) is 0 Å². The van der Waals surface area contributed by atoms with Gasteiger partial charge in [-0.3, -0.25) is 4.79 Å². The Kier molecular flexibility index (Phi) is 7.51. The number of ether oxygens (including phenoxy) is 2. The highest BCUT2D eigenvalue weighted by Gasteiger charge is 2.14. The molecule has 0 fully saturated rings. The lowest BCUT2D eigenvalue weighted by atomic mass is 10.00. The number of carbonyl (C=O) groups is 1. The number of halogens is 1. The fraction of sp³-hybridized carbons (Fsp3) is 0.381. The fourth-order valence-corrected chi connectivity index (χ4v) is 3.22. The van der Waals surface area contributed by atoms with E-state index < -0.39 is 5.91 Å². The predicted octanol–water partition coefficient (Wildman–Crippen LogP) is 3.55. The van der Waals surface area contributed by atoms with E-state index >= 15 is 0 Å². The van der Waals surface area contributed by atoms with Crippen molar-refractivity contribution in [2.24, 2.45) is 5.73 Å². The Morgan fingerprint density at radius 3 is 2.63 bits per heavy atom. The average molecular weight is 391 g/mol. The summed E-state index contributed by atoms with van der Waals surface area (Å²) in [6.07, 6.45) is 0.941. The first-order valence-electron chi connectivity index (χ1n) is 8.87. The SMILES string of the molecule is COc1cc(CNC(C)Cc2ccc(C)cc2C)cc(Cl)c1OCC(N)=O. The summed E-state index contributed by atoms with van der Waals surface area (Å²) in [5.74, 6) is 0.228. The Hall–Kier alpha value is -2.24. The van der Waals surface area contributed by atoms with Crippen LogP contribution in [0.2, 0.25) is 5.02 Å². The summed E-state index contributed by atoms with van der Waals surface area (Å²) < 4.78 is 10.7. The van der Waals surface area contributed by atoms with E-state index in [9.17, 15) is 4.79 Å². The number of benzene rings is 2. The molecule has 0 aliphatic heterocycles. The van der Waals surface area contributed by atoms with Crippen LogP contribution in [0.5, 0.6) is 11.5 Å². The molecule has 2 rings (SSSR count). The third-order valence-electron chi connectivity index (χ3n) is 4.33. The number of hydrogen-bond acceptors (Lipinski definition) is 4. The zero-order chi connectivity index (χ0) is 20.0. The van der Waals surface area contributed by atoms with Gasteiger partial charge in [-0.1, -0.05) is 35.4 Å². The van der Waals surface area contributed by atoms with E-state index in [1.54, 1.807) is 6.07 Å². The summed E-state index contributed by atoms with van der Waals surface area (Å²) in [4.78, 5) is 10.9. The largest absolute Gasteiger partial charge is 0.493 e. The molecule has 0 aliphatic carbocycles. The van der Waals surface area contributed by atoms with Crippen molar-refractivity contribution in [3.05, 3.63) is 57.6 Å². The first kappa shape index (κ1) is 21.1. The smallest absolute Gasteiger partial charge is 0.255 e. The van der Waals surface area contributed by atoms with Crippen LogP contribution in [0.15, 0.2) is 30.3 Å². The van der Waals surface area contributed by atoms with Gasteiger partial charge in [-0.2, -0.15) is 0 Å². The van der Waals surface area contributed by atoms with E-state index in [1.165, 1.54) is 23.8 Å². The number of methoxy groups -OCH3 is 1. The van der Waals surface area contributed by atoms with Crippen molar-refractivity contribution in [2.45, 2.75) is 39.8 Å². The van der Waals surface area contributed by atoms with Crippen LogP contribution >= 0.6 is 11.6 Å². The molecule has 2 aromatic carbocycles. The van der Waals surface area contributed by atoms with Gasteiger partial charge in [0.1, 0.15) is 0 Å². The van der Waals surface area contributed by atoms with E-state index in [0.29, 0.717) is 29.1 Å². The van der Waals surface area contributed by atoms with Crippen molar-refractivity contribution in [3.8, 4) is 11.5 Å². The molecule has 1 atom stereocenters. The first-order chi connectivity index (χ1) is 12.8. The van der Waals surface area contributed by atoms with Crippen LogP contribution in [0, 0.1) is 13.8 Å². The van der Waals surface area contributed by atoms with Crippen LogP contribution in [0.1, 0.15) is 29.2 Å². The lowest BCUT2D eigenvalue weighted by Crippen LogP contribution is -2.28. The van der Waals surface area contributed by atoms with Crippen molar-refractivity contribution < 1.29 is 14.3 Å². The van der Waals surface area contributed by atoms with E-state index in [-0.39, 0.29) is 6.61 Å². The van der Waals surface area contributed by atoms with Crippen molar-refractivity contribution in [1.82, 2.24) is 5.32 Å². The predicted molar refractivity (Wildman–Crippen MR) is 109 cm³/mol. The molecule has 0 saturated carbocycles. The van der Waals surface area contributed by atoms with Crippen molar-refractivity contribution >= 4 is 17.5 Å². The Bertz CT molecular complexity index is 808. The molecule has 6 heteroatoms. The normalized spacial score (nSPS) is 11.9. The number of primary amides is 1. The second-order valence-corrected chi connectivity index (χ2v) is 7.19. The second-order valence-electron chi connectivity index (χ2n) is 6.78. The first-order valence-corrected chi connectivity index (χ1v) is 9.25. The second kappa shape index (κ2) is 9.62. The van der Waals surface area contributed by atoms with Crippen LogP contribution in [-0.4, -0.2) is 25.7 Å². The zero-order valence-electron chi connectivity index (χ0n) is 16.3. The van der Waals surface area contributed by atoms with Crippen LogP contribution < -0.4 is 20.5 Å². The molecule has 3 N–H and O–H groups in total. The molecule has 5 nitrogen and oxygen atoms in total. The van der Waals surface area contributed by atoms with Gasteiger partial charge in [0, 0.05) is 12.6 Å². The highest BCUT2D eigenvalue weighted by Crippen LogP contribution is 2.36. The highest BCUT2D eigenvalue weighted by molar-refractivity contribution is 6.32. The summed E-state index contributed by atoms with van der Waals surface area (Å²) in [6, 6.07) is 10.5. The number of rotatable bonds is 9. The molecule has 27 heavy (non-hydrogen) atoms. The van der Waals surface area contributed by atoms with E-state index in [1.807, 2.05) is 6.07 Å². The maximum atomic E-state index is 10.9. The number of aryl methyl sites for hydroxylation is 2. The van der Waals surface area contributed by atoms with Gasteiger partial charge in [-0.25, -0.2) is 0 Å². The number of nitrogens with two attached hydrogens (primary N) is 1. The third kappa shape index (κ3) is 6.15. The molecule has 0 aromatic heterocycles. The Morgan fingerprint density at radius 1 is 1.26 bits per heavy atom. The van der Waals surface area contributed by atoms with E-state index in [4.69, 9.17) is 26.8 Å². The molecule has 1 unspecified atom stereocenters. The minimum atomic E-state index is -0.570. The summed E-state index contributed by atoms with van der Waals surface area (Å²) in [5.41, 5.74) is 10.0. The van der Waals surface area contributed by atoms with Crippen LogP contribution in [-0.2, 0) is 17.8 Å². The molecule has 0 radical (unpaired) electrons. The topological polar surface area (TPSA) is 73.6 Å². The van der Waals surface area contributed by atoms with Crippen molar-refractivity contribution in [3.63, 3.8) is 0 Å². The minimum Gasteiger partial charge on any atom is -0.493 e. The molecule has 0 spiro atoms. The zero-order valence-corrected chi connectivity index (χ0v) is 17.0. The number of amides is 1. The average Bonchev–Trinajstić information content (AvgIpc) is 2.60. The Morgan fingerprint density at radius 2 is 2.00 bits per heavy atom. The summed E-state index contributed by atoms with van der Waals surface area (Å²) in [6.45, 7) is 6.79. The Balaban J connectivity index is 2.02. The maximum absolute atomic E-state index is 10.9. The molecule has 0 heterocycles. The lowest BCUT2D eigenvalue weighted by Gasteiger charge is -2.17. The highest BCUT2D eigenvalue weighted by atomic mass is 35.5. The summed E-state index contributed by atoms with van der Waals surface area (Å²) in [5, 5.41) is 3.89. The number of nitrogens with one attached hydrogen (secondary N) is 1. The fourth-order valence-electron chi connectivity index (χ4n) is 2.93. The lowest BCUT2D eigenvalue weighted by molar-refractivity contribution is -0.119. The number of hydrogen-bond donors (Lipinski definition) is 2. The Labute approximate surface area is 165 Å².